The second kappa shape index (κ2) is 6.17. The largest absolute Gasteiger partial charge is 0.391 e. The Kier molecular flexibility index (Phi) is 4.74. The lowest BCUT2D eigenvalue weighted by atomic mass is 9.85. The van der Waals surface area contributed by atoms with E-state index in [1.807, 2.05) is 6.92 Å². The molecule has 1 saturated carbocycles. The average Bonchev–Trinajstić information content (AvgIpc) is 2.39. The minimum absolute atomic E-state index is 0.183. The van der Waals surface area contributed by atoms with Gasteiger partial charge in [-0.15, -0.1) is 0 Å². The zero-order valence-corrected chi connectivity index (χ0v) is 12.0. The molecule has 1 aromatic carbocycles. The lowest BCUT2D eigenvalue weighted by molar-refractivity contribution is -0.182. The molecule has 2 rings (SSSR count). The highest BCUT2D eigenvalue weighted by atomic mass is 19.4. The summed E-state index contributed by atoms with van der Waals surface area (Å²) in [5, 5.41) is 3.46. The van der Waals surface area contributed by atoms with Crippen LogP contribution in [-0.2, 0) is 0 Å². The molecule has 1 aliphatic carbocycles. The van der Waals surface area contributed by atoms with Gasteiger partial charge in [-0.3, -0.25) is 0 Å². The summed E-state index contributed by atoms with van der Waals surface area (Å²) in [6.45, 7) is 4.11. The maximum Gasteiger partial charge on any atom is 0.391 e. The molecule has 1 aromatic rings. The van der Waals surface area contributed by atoms with Crippen molar-refractivity contribution < 1.29 is 13.2 Å². The standard InChI is InChI=1S/C16H22F3N/c1-11-3-5-13(6-4-11)12(2)20-15-9-7-14(8-10-15)16(17,18)19/h3-6,12,14-15,20H,7-10H2,1-2H3. The monoisotopic (exact) mass is 285 g/mol. The van der Waals surface area contributed by atoms with Gasteiger partial charge in [-0.25, -0.2) is 0 Å². The van der Waals surface area contributed by atoms with E-state index in [0.717, 1.165) is 0 Å². The van der Waals surface area contributed by atoms with Crippen molar-refractivity contribution in [3.8, 4) is 0 Å². The fourth-order valence-corrected chi connectivity index (χ4v) is 2.89. The summed E-state index contributed by atoms with van der Waals surface area (Å²) in [5.74, 6) is -1.10. The molecule has 0 aliphatic heterocycles. The molecule has 0 heterocycles. The van der Waals surface area contributed by atoms with Gasteiger partial charge < -0.3 is 5.32 Å². The fraction of sp³-hybridized carbons (Fsp3) is 0.625. The Bertz CT molecular complexity index is 416. The highest BCUT2D eigenvalue weighted by Crippen LogP contribution is 2.37. The van der Waals surface area contributed by atoms with Crippen LogP contribution in [0.15, 0.2) is 24.3 Å². The van der Waals surface area contributed by atoms with Crippen LogP contribution in [0, 0.1) is 12.8 Å². The van der Waals surface area contributed by atoms with Crippen molar-refractivity contribution in [2.75, 3.05) is 0 Å². The summed E-state index contributed by atoms with van der Waals surface area (Å²) >= 11 is 0. The van der Waals surface area contributed by atoms with Crippen LogP contribution in [0.5, 0.6) is 0 Å². The zero-order chi connectivity index (χ0) is 14.8. The number of benzene rings is 1. The molecular weight excluding hydrogens is 263 g/mol. The maximum atomic E-state index is 12.6. The van der Waals surface area contributed by atoms with E-state index < -0.39 is 12.1 Å². The third-order valence-electron chi connectivity index (χ3n) is 4.25. The van der Waals surface area contributed by atoms with Crippen molar-refractivity contribution in [3.05, 3.63) is 35.4 Å². The number of alkyl halides is 3. The highest BCUT2D eigenvalue weighted by Gasteiger charge is 2.41. The quantitative estimate of drug-likeness (QED) is 0.843. The molecule has 1 unspecified atom stereocenters. The molecule has 0 saturated heterocycles. The van der Waals surface area contributed by atoms with E-state index >= 15 is 0 Å². The molecule has 1 fully saturated rings. The van der Waals surface area contributed by atoms with Crippen molar-refractivity contribution in [1.82, 2.24) is 5.32 Å². The Labute approximate surface area is 118 Å². The van der Waals surface area contributed by atoms with Crippen molar-refractivity contribution in [3.63, 3.8) is 0 Å². The predicted molar refractivity (Wildman–Crippen MR) is 74.5 cm³/mol. The summed E-state index contributed by atoms with van der Waals surface area (Å²) in [6.07, 6.45) is -2.29. The fourth-order valence-electron chi connectivity index (χ4n) is 2.89. The Hall–Kier alpha value is -1.03. The second-order valence-electron chi connectivity index (χ2n) is 5.89. The van der Waals surface area contributed by atoms with Gasteiger partial charge in [-0.05, 0) is 45.1 Å². The van der Waals surface area contributed by atoms with Gasteiger partial charge in [0.15, 0.2) is 0 Å². The van der Waals surface area contributed by atoms with E-state index in [0.29, 0.717) is 12.8 Å². The molecular formula is C16H22F3N. The topological polar surface area (TPSA) is 12.0 Å². The molecule has 0 amide bonds. The van der Waals surface area contributed by atoms with Crippen molar-refractivity contribution >= 4 is 0 Å². The zero-order valence-electron chi connectivity index (χ0n) is 12.0. The van der Waals surface area contributed by atoms with E-state index in [2.05, 4.69) is 36.5 Å². The molecule has 1 aliphatic rings. The van der Waals surface area contributed by atoms with Crippen LogP contribution in [-0.4, -0.2) is 12.2 Å². The molecule has 4 heteroatoms. The smallest absolute Gasteiger partial charge is 0.307 e. The summed E-state index contributed by atoms with van der Waals surface area (Å²) in [4.78, 5) is 0. The van der Waals surface area contributed by atoms with Gasteiger partial charge in [0.05, 0.1) is 5.92 Å². The third kappa shape index (κ3) is 3.98. The predicted octanol–water partition coefficient (Wildman–Crippen LogP) is 4.77. The number of hydrogen-bond donors (Lipinski definition) is 1. The molecule has 0 aromatic heterocycles. The minimum Gasteiger partial charge on any atom is -0.307 e. The van der Waals surface area contributed by atoms with Gasteiger partial charge in [0.2, 0.25) is 0 Å². The van der Waals surface area contributed by atoms with E-state index in [9.17, 15) is 13.2 Å². The van der Waals surface area contributed by atoms with Crippen LogP contribution in [0.3, 0.4) is 0 Å². The number of halogens is 3. The third-order valence-corrected chi connectivity index (χ3v) is 4.25. The first kappa shape index (κ1) is 15.4. The summed E-state index contributed by atoms with van der Waals surface area (Å²) in [5.41, 5.74) is 2.40. The molecule has 0 radical (unpaired) electrons. The van der Waals surface area contributed by atoms with Gasteiger partial charge in [0, 0.05) is 12.1 Å². The van der Waals surface area contributed by atoms with Crippen molar-refractivity contribution in [2.45, 2.75) is 57.8 Å². The average molecular weight is 285 g/mol. The Morgan fingerprint density at radius 3 is 2.10 bits per heavy atom. The Balaban J connectivity index is 1.85. The summed E-state index contributed by atoms with van der Waals surface area (Å²) < 4.78 is 37.8. The number of hydrogen-bond acceptors (Lipinski definition) is 1. The SMILES string of the molecule is Cc1ccc(C(C)NC2CCC(C(F)(F)F)CC2)cc1. The van der Waals surface area contributed by atoms with Crippen LogP contribution in [0.4, 0.5) is 13.2 Å². The van der Waals surface area contributed by atoms with E-state index in [1.54, 1.807) is 0 Å². The summed E-state index contributed by atoms with van der Waals surface area (Å²) in [6, 6.07) is 8.66. The number of nitrogens with one attached hydrogen (secondary N) is 1. The van der Waals surface area contributed by atoms with Gasteiger partial charge >= 0.3 is 6.18 Å². The van der Waals surface area contributed by atoms with Crippen LogP contribution >= 0.6 is 0 Å². The van der Waals surface area contributed by atoms with Gasteiger partial charge in [-0.2, -0.15) is 13.2 Å². The Morgan fingerprint density at radius 1 is 1.05 bits per heavy atom. The second-order valence-corrected chi connectivity index (χ2v) is 5.89. The summed E-state index contributed by atoms with van der Waals surface area (Å²) in [7, 11) is 0. The lowest BCUT2D eigenvalue weighted by Gasteiger charge is -2.32. The number of aryl methyl sites for hydroxylation is 1. The first-order chi connectivity index (χ1) is 9.36. The first-order valence-corrected chi connectivity index (χ1v) is 7.25. The van der Waals surface area contributed by atoms with Gasteiger partial charge in [0.1, 0.15) is 0 Å². The lowest BCUT2D eigenvalue weighted by Crippen LogP contribution is -2.38. The molecule has 20 heavy (non-hydrogen) atoms. The molecule has 0 spiro atoms. The molecule has 1 nitrogen and oxygen atoms in total. The molecule has 1 N–H and O–H groups in total. The minimum atomic E-state index is -4.02. The van der Waals surface area contributed by atoms with Crippen LogP contribution < -0.4 is 5.32 Å². The van der Waals surface area contributed by atoms with Gasteiger partial charge in [0.25, 0.3) is 0 Å². The van der Waals surface area contributed by atoms with Gasteiger partial charge in [-0.1, -0.05) is 29.8 Å². The van der Waals surface area contributed by atoms with E-state index in [1.165, 1.54) is 11.1 Å². The first-order valence-electron chi connectivity index (χ1n) is 7.25. The van der Waals surface area contributed by atoms with E-state index in [4.69, 9.17) is 0 Å². The normalized spacial score (nSPS) is 25.4. The molecule has 112 valence electrons. The maximum absolute atomic E-state index is 12.6. The van der Waals surface area contributed by atoms with Crippen molar-refractivity contribution in [2.24, 2.45) is 5.92 Å². The van der Waals surface area contributed by atoms with Crippen molar-refractivity contribution in [1.29, 1.82) is 0 Å². The number of rotatable bonds is 3. The molecule has 0 bridgehead atoms. The Morgan fingerprint density at radius 2 is 1.60 bits per heavy atom. The van der Waals surface area contributed by atoms with E-state index in [-0.39, 0.29) is 24.9 Å². The van der Waals surface area contributed by atoms with Crippen LogP contribution in [0.2, 0.25) is 0 Å². The molecule has 1 atom stereocenters. The van der Waals surface area contributed by atoms with Crippen LogP contribution in [0.25, 0.3) is 0 Å². The van der Waals surface area contributed by atoms with Crippen LogP contribution in [0.1, 0.15) is 49.8 Å². The highest BCUT2D eigenvalue weighted by molar-refractivity contribution is 5.23.